The number of carbonyl (C=O) groups excluding carboxylic acids is 3. The Bertz CT molecular complexity index is 937. The van der Waals surface area contributed by atoms with Crippen molar-refractivity contribution in [2.75, 3.05) is 18.5 Å². The number of anilines is 1. The van der Waals surface area contributed by atoms with Crippen LogP contribution in [0.15, 0.2) is 36.5 Å². The molecule has 1 fully saturated rings. The van der Waals surface area contributed by atoms with E-state index in [9.17, 15) is 19.5 Å². The van der Waals surface area contributed by atoms with Crippen LogP contribution in [0.2, 0.25) is 0 Å². The molecule has 8 heteroatoms. The minimum Gasteiger partial charge on any atom is -0.504 e. The van der Waals surface area contributed by atoms with Crippen LogP contribution in [-0.2, 0) is 4.74 Å². The fourth-order valence-electron chi connectivity index (χ4n) is 3.26. The summed E-state index contributed by atoms with van der Waals surface area (Å²) in [6.45, 7) is 0.855. The van der Waals surface area contributed by atoms with E-state index in [0.717, 1.165) is 12.8 Å². The summed E-state index contributed by atoms with van der Waals surface area (Å²) in [5.41, 5.74) is 0.657. The lowest BCUT2D eigenvalue weighted by atomic mass is 10.1. The maximum atomic E-state index is 12.6. The molecule has 1 saturated heterocycles. The largest absolute Gasteiger partial charge is 0.504 e. The quantitative estimate of drug-likeness (QED) is 0.798. The van der Waals surface area contributed by atoms with Gasteiger partial charge in [0, 0.05) is 18.4 Å². The molecule has 2 aliphatic rings. The number of aromatic nitrogens is 1. The van der Waals surface area contributed by atoms with Gasteiger partial charge in [-0.1, -0.05) is 0 Å². The fraction of sp³-hybridized carbons (Fsp3) is 0.263. The first-order valence-electron chi connectivity index (χ1n) is 8.62. The van der Waals surface area contributed by atoms with Crippen LogP contribution in [0.25, 0.3) is 0 Å². The smallest absolute Gasteiger partial charge is 0.261 e. The zero-order valence-corrected chi connectivity index (χ0v) is 14.3. The molecule has 0 radical (unpaired) electrons. The van der Waals surface area contributed by atoms with Gasteiger partial charge in [-0.15, -0.1) is 0 Å². The second-order valence-electron chi connectivity index (χ2n) is 6.44. The molecule has 2 N–H and O–H groups in total. The zero-order valence-electron chi connectivity index (χ0n) is 14.3. The third kappa shape index (κ3) is 3.15. The topological polar surface area (TPSA) is 109 Å². The predicted octanol–water partition coefficient (Wildman–Crippen LogP) is 1.81. The third-order valence-corrected chi connectivity index (χ3v) is 4.66. The molecule has 2 aliphatic heterocycles. The highest BCUT2D eigenvalue weighted by Gasteiger charge is 2.38. The zero-order chi connectivity index (χ0) is 19.0. The number of aromatic hydroxyl groups is 1. The standard InChI is InChI=1S/C19H17N3O5/c23-15-4-1-7-20-16(15)21-17(24)11-5-6-13-14(9-11)19(26)22(18(13)25)10-12-3-2-8-27-12/h1,4-7,9,12,23H,2-3,8,10H2,(H,20,21,24). The summed E-state index contributed by atoms with van der Waals surface area (Å²) in [4.78, 5) is 42.6. The minimum absolute atomic E-state index is 0.0189. The Kier molecular flexibility index (Phi) is 4.33. The van der Waals surface area contributed by atoms with Gasteiger partial charge >= 0.3 is 0 Å². The van der Waals surface area contributed by atoms with E-state index in [-0.39, 0.29) is 46.8 Å². The van der Waals surface area contributed by atoms with Crippen LogP contribution >= 0.6 is 0 Å². The van der Waals surface area contributed by atoms with Crippen LogP contribution in [0.1, 0.15) is 43.9 Å². The number of rotatable bonds is 4. The number of nitrogens with one attached hydrogen (secondary N) is 1. The second-order valence-corrected chi connectivity index (χ2v) is 6.44. The van der Waals surface area contributed by atoms with Gasteiger partial charge in [0.2, 0.25) is 0 Å². The van der Waals surface area contributed by atoms with E-state index < -0.39 is 11.8 Å². The predicted molar refractivity (Wildman–Crippen MR) is 94.6 cm³/mol. The van der Waals surface area contributed by atoms with Crippen LogP contribution in [0, 0.1) is 0 Å². The molecule has 1 aromatic carbocycles. The number of nitrogens with zero attached hydrogens (tertiary/aromatic N) is 2. The second kappa shape index (κ2) is 6.81. The maximum absolute atomic E-state index is 12.6. The Labute approximate surface area is 154 Å². The highest BCUT2D eigenvalue weighted by molar-refractivity contribution is 6.22. The summed E-state index contributed by atoms with van der Waals surface area (Å²) in [6.07, 6.45) is 3.03. The normalized spacial score (nSPS) is 18.7. The molecule has 0 spiro atoms. The lowest BCUT2D eigenvalue weighted by Gasteiger charge is -2.17. The fourth-order valence-corrected chi connectivity index (χ4v) is 3.26. The Morgan fingerprint density at radius 2 is 2.07 bits per heavy atom. The first-order valence-corrected chi connectivity index (χ1v) is 8.62. The molecule has 2 aromatic rings. The van der Waals surface area contributed by atoms with Crippen molar-refractivity contribution in [1.82, 2.24) is 9.88 Å². The Balaban J connectivity index is 1.55. The number of amides is 3. The van der Waals surface area contributed by atoms with Gasteiger partial charge in [-0.3, -0.25) is 19.3 Å². The van der Waals surface area contributed by atoms with Gasteiger partial charge in [0.05, 0.1) is 23.8 Å². The molecule has 1 aromatic heterocycles. The van der Waals surface area contributed by atoms with Crippen molar-refractivity contribution in [1.29, 1.82) is 0 Å². The van der Waals surface area contributed by atoms with Crippen LogP contribution in [-0.4, -0.2) is 52.0 Å². The number of ether oxygens (including phenoxy) is 1. The Morgan fingerprint density at radius 1 is 1.26 bits per heavy atom. The highest BCUT2D eigenvalue weighted by Crippen LogP contribution is 2.27. The average Bonchev–Trinajstić information content (AvgIpc) is 3.26. The molecule has 27 heavy (non-hydrogen) atoms. The molecule has 0 aliphatic carbocycles. The minimum atomic E-state index is -0.537. The molecule has 0 bridgehead atoms. The molecular formula is C19H17N3O5. The van der Waals surface area contributed by atoms with Crippen LogP contribution in [0.5, 0.6) is 5.75 Å². The highest BCUT2D eigenvalue weighted by atomic mass is 16.5. The lowest BCUT2D eigenvalue weighted by Crippen LogP contribution is -2.36. The van der Waals surface area contributed by atoms with Gasteiger partial charge in [0.25, 0.3) is 17.7 Å². The molecular weight excluding hydrogens is 350 g/mol. The maximum Gasteiger partial charge on any atom is 0.261 e. The molecule has 138 valence electrons. The van der Waals surface area contributed by atoms with Crippen molar-refractivity contribution in [3.05, 3.63) is 53.2 Å². The summed E-state index contributed by atoms with van der Waals surface area (Å²) in [7, 11) is 0. The molecule has 1 atom stereocenters. The van der Waals surface area contributed by atoms with E-state index in [2.05, 4.69) is 10.3 Å². The van der Waals surface area contributed by atoms with Crippen LogP contribution in [0.3, 0.4) is 0 Å². The van der Waals surface area contributed by atoms with Crippen molar-refractivity contribution in [2.45, 2.75) is 18.9 Å². The number of fused-ring (bicyclic) bond motifs is 1. The van der Waals surface area contributed by atoms with Crippen LogP contribution in [0.4, 0.5) is 5.82 Å². The van der Waals surface area contributed by atoms with E-state index >= 15 is 0 Å². The summed E-state index contributed by atoms with van der Waals surface area (Å²) in [6, 6.07) is 7.26. The van der Waals surface area contributed by atoms with Gasteiger partial charge in [-0.05, 0) is 43.2 Å². The molecule has 3 amide bonds. The van der Waals surface area contributed by atoms with Crippen molar-refractivity contribution in [3.63, 3.8) is 0 Å². The molecule has 3 heterocycles. The third-order valence-electron chi connectivity index (χ3n) is 4.66. The molecule has 0 saturated carbocycles. The summed E-state index contributed by atoms with van der Waals surface area (Å²) in [5.74, 6) is -1.49. The van der Waals surface area contributed by atoms with E-state index in [1.54, 1.807) is 0 Å². The Hall–Kier alpha value is -3.26. The monoisotopic (exact) mass is 367 g/mol. The molecule has 4 rings (SSSR count). The Morgan fingerprint density at radius 3 is 2.81 bits per heavy atom. The van der Waals surface area contributed by atoms with Crippen molar-refractivity contribution in [3.8, 4) is 5.75 Å². The molecule has 8 nitrogen and oxygen atoms in total. The first kappa shape index (κ1) is 17.2. The van der Waals surface area contributed by atoms with Gasteiger partial charge < -0.3 is 15.2 Å². The number of benzene rings is 1. The van der Waals surface area contributed by atoms with Crippen LogP contribution < -0.4 is 5.32 Å². The molecule has 1 unspecified atom stereocenters. The van der Waals surface area contributed by atoms with E-state index in [0.29, 0.717) is 6.61 Å². The van der Waals surface area contributed by atoms with Crippen molar-refractivity contribution < 1.29 is 24.2 Å². The average molecular weight is 367 g/mol. The van der Waals surface area contributed by atoms with Crippen molar-refractivity contribution >= 4 is 23.5 Å². The summed E-state index contributed by atoms with van der Waals surface area (Å²) >= 11 is 0. The van der Waals surface area contributed by atoms with Crippen molar-refractivity contribution in [2.24, 2.45) is 0 Å². The SMILES string of the molecule is O=C(Nc1ncccc1O)c1ccc2c(c1)C(=O)N(CC1CCCO1)C2=O. The first-order chi connectivity index (χ1) is 13.0. The van der Waals surface area contributed by atoms with E-state index in [1.807, 2.05) is 0 Å². The van der Waals surface area contributed by atoms with E-state index in [4.69, 9.17) is 4.74 Å². The number of hydrogen-bond acceptors (Lipinski definition) is 6. The number of pyridine rings is 1. The number of hydrogen-bond donors (Lipinski definition) is 2. The van der Waals surface area contributed by atoms with Gasteiger partial charge in [-0.2, -0.15) is 0 Å². The lowest BCUT2D eigenvalue weighted by molar-refractivity contribution is 0.0475. The summed E-state index contributed by atoms with van der Waals surface area (Å²) < 4.78 is 5.51. The van der Waals surface area contributed by atoms with Gasteiger partial charge in [-0.25, -0.2) is 4.98 Å². The van der Waals surface area contributed by atoms with Gasteiger partial charge in [0.1, 0.15) is 0 Å². The number of carbonyl (C=O) groups is 3. The number of imide groups is 1. The van der Waals surface area contributed by atoms with Gasteiger partial charge in [0.15, 0.2) is 11.6 Å². The van der Waals surface area contributed by atoms with E-state index in [1.165, 1.54) is 41.4 Å². The summed E-state index contributed by atoms with van der Waals surface area (Å²) in [5, 5.41) is 12.2.